The van der Waals surface area contributed by atoms with Gasteiger partial charge in [0.1, 0.15) is 17.6 Å². The fraction of sp³-hybridized carbons (Fsp3) is 0.286. The fourth-order valence-electron chi connectivity index (χ4n) is 2.61. The van der Waals surface area contributed by atoms with Crippen LogP contribution in [-0.2, 0) is 11.8 Å². The van der Waals surface area contributed by atoms with Gasteiger partial charge in [0.25, 0.3) is 5.91 Å². The molecule has 0 fully saturated rings. The third kappa shape index (κ3) is 5.38. The number of carbonyl (C=O) groups is 2. The van der Waals surface area contributed by atoms with E-state index >= 15 is 4.39 Å². The van der Waals surface area contributed by atoms with Gasteiger partial charge in [0.2, 0.25) is 0 Å². The van der Waals surface area contributed by atoms with E-state index in [0.29, 0.717) is 17.4 Å². The number of carbonyl (C=O) groups excluding carboxylic acids is 2. The molecule has 0 spiro atoms. The van der Waals surface area contributed by atoms with Gasteiger partial charge in [0, 0.05) is 7.05 Å². The Labute approximate surface area is 174 Å². The average molecular weight is 419 g/mol. The lowest BCUT2D eigenvalue weighted by Gasteiger charge is -2.14. The fourth-order valence-corrected chi connectivity index (χ4v) is 2.61. The van der Waals surface area contributed by atoms with Crippen molar-refractivity contribution in [1.29, 1.82) is 0 Å². The highest BCUT2D eigenvalue weighted by molar-refractivity contribution is 6.04. The molecule has 2 aromatic carbocycles. The maximum Gasteiger partial charge on any atom is 0.253 e. The van der Waals surface area contributed by atoms with E-state index in [1.165, 1.54) is 31.6 Å². The van der Waals surface area contributed by atoms with Crippen molar-refractivity contribution in [3.63, 3.8) is 0 Å². The van der Waals surface area contributed by atoms with Gasteiger partial charge >= 0.3 is 0 Å². The minimum Gasteiger partial charge on any atom is -0.350 e. The van der Waals surface area contributed by atoms with Crippen molar-refractivity contribution in [2.24, 2.45) is 12.8 Å². The van der Waals surface area contributed by atoms with Gasteiger partial charge in [-0.2, -0.15) is 0 Å². The second kappa shape index (κ2) is 11.6. The Balaban J connectivity index is 0.00000106. The minimum atomic E-state index is -0.778. The van der Waals surface area contributed by atoms with E-state index in [4.69, 9.17) is 0 Å². The summed E-state index contributed by atoms with van der Waals surface area (Å²) in [7, 11) is 3.16. The summed E-state index contributed by atoms with van der Waals surface area (Å²) < 4.78 is 30.7. The van der Waals surface area contributed by atoms with Crippen molar-refractivity contribution < 1.29 is 18.4 Å². The second-order valence-corrected chi connectivity index (χ2v) is 5.82. The van der Waals surface area contributed by atoms with Crippen LogP contribution in [0.25, 0.3) is 11.0 Å². The number of anilines is 2. The molecule has 3 rings (SSSR count). The number of aldehydes is 1. The zero-order chi connectivity index (χ0) is 22.8. The maximum absolute atomic E-state index is 15.0. The zero-order valence-electron chi connectivity index (χ0n) is 17.7. The molecule has 9 heteroatoms. The summed E-state index contributed by atoms with van der Waals surface area (Å²) in [5.74, 6) is -2.02. The number of benzene rings is 2. The molecule has 3 aromatic rings. The number of aryl methyl sites for hydroxylation is 2. The molecular weight excluding hydrogens is 392 g/mol. The van der Waals surface area contributed by atoms with E-state index in [1.807, 2.05) is 13.8 Å². The molecule has 1 amide bonds. The Morgan fingerprint density at radius 3 is 2.50 bits per heavy atom. The highest BCUT2D eigenvalue weighted by atomic mass is 19.1. The molecule has 0 aliphatic rings. The normalized spacial score (nSPS) is 9.73. The average Bonchev–Trinajstić information content (AvgIpc) is 3.13. The number of halogens is 2. The van der Waals surface area contributed by atoms with Crippen LogP contribution < -0.4 is 16.4 Å². The van der Waals surface area contributed by atoms with Crippen LogP contribution in [0, 0.1) is 18.6 Å². The Morgan fingerprint density at radius 1 is 1.23 bits per heavy atom. The molecule has 1 aromatic heterocycles. The summed E-state index contributed by atoms with van der Waals surface area (Å²) in [6.07, 6.45) is 1.93. The molecule has 162 valence electrons. The van der Waals surface area contributed by atoms with Crippen LogP contribution in [0.3, 0.4) is 0 Å². The molecule has 0 saturated carbocycles. The predicted octanol–water partition coefficient (Wildman–Crippen LogP) is 3.43. The molecule has 0 bridgehead atoms. The van der Waals surface area contributed by atoms with Gasteiger partial charge in [-0.25, -0.2) is 13.8 Å². The number of nitrogens with two attached hydrogens (primary N) is 1. The summed E-state index contributed by atoms with van der Waals surface area (Å²) in [6.45, 7) is 5.51. The summed E-state index contributed by atoms with van der Waals surface area (Å²) in [5.41, 5.74) is 5.41. The number of hydrogen-bond donors (Lipinski definition) is 3. The highest BCUT2D eigenvalue weighted by Crippen LogP contribution is 2.31. The largest absolute Gasteiger partial charge is 0.350 e. The van der Waals surface area contributed by atoms with Crippen molar-refractivity contribution in [3.8, 4) is 0 Å². The van der Waals surface area contributed by atoms with Crippen molar-refractivity contribution in [2.45, 2.75) is 20.8 Å². The first-order valence-corrected chi connectivity index (χ1v) is 9.38. The SMILES string of the molecule is CC.CN.Cc1ccc(Nc2c(C(=O)NCC=O)cc3c(ncn3C)c2F)c(F)c1. The van der Waals surface area contributed by atoms with Crippen LogP contribution >= 0.6 is 0 Å². The van der Waals surface area contributed by atoms with Crippen molar-refractivity contribution in [2.75, 3.05) is 18.9 Å². The molecule has 0 radical (unpaired) electrons. The third-order valence-corrected chi connectivity index (χ3v) is 3.94. The molecular formula is C21H27F2N5O2. The smallest absolute Gasteiger partial charge is 0.253 e. The number of nitrogens with zero attached hydrogens (tertiary/aromatic N) is 2. The van der Waals surface area contributed by atoms with Crippen molar-refractivity contribution in [3.05, 3.63) is 53.4 Å². The van der Waals surface area contributed by atoms with E-state index in [-0.39, 0.29) is 29.0 Å². The number of rotatable bonds is 5. The van der Waals surface area contributed by atoms with Crippen LogP contribution in [0.4, 0.5) is 20.2 Å². The Bertz CT molecular complexity index is 1020. The first-order valence-electron chi connectivity index (χ1n) is 9.38. The Morgan fingerprint density at radius 2 is 1.90 bits per heavy atom. The summed E-state index contributed by atoms with van der Waals surface area (Å²) in [4.78, 5) is 26.9. The molecule has 30 heavy (non-hydrogen) atoms. The van der Waals surface area contributed by atoms with E-state index < -0.39 is 17.5 Å². The third-order valence-electron chi connectivity index (χ3n) is 3.94. The summed E-state index contributed by atoms with van der Waals surface area (Å²) in [6, 6.07) is 5.86. The lowest BCUT2D eigenvalue weighted by atomic mass is 10.1. The lowest BCUT2D eigenvalue weighted by Crippen LogP contribution is -2.26. The minimum absolute atomic E-state index is 0.0224. The van der Waals surface area contributed by atoms with E-state index in [0.717, 1.165) is 0 Å². The lowest BCUT2D eigenvalue weighted by molar-refractivity contribution is -0.107. The van der Waals surface area contributed by atoms with Gasteiger partial charge in [-0.15, -0.1) is 0 Å². The van der Waals surface area contributed by atoms with Crippen LogP contribution in [0.1, 0.15) is 29.8 Å². The second-order valence-electron chi connectivity index (χ2n) is 5.82. The molecule has 7 nitrogen and oxygen atoms in total. The Hall–Kier alpha value is -3.33. The van der Waals surface area contributed by atoms with E-state index in [2.05, 4.69) is 21.4 Å². The van der Waals surface area contributed by atoms with Gasteiger partial charge in [-0.05, 0) is 37.7 Å². The molecule has 1 heterocycles. The standard InChI is InChI=1S/C18H16F2N4O2.C2H6.CH5N/c1-10-3-4-13(12(19)7-10)23-16-11(18(26)21-5-6-25)8-14-17(15(16)20)22-9-24(14)2;2*1-2/h3-4,6-9,23H,5H2,1-2H3,(H,21,26);1-2H3;2H2,1H3. The Kier molecular flexibility index (Phi) is 9.57. The molecule has 0 aliphatic carbocycles. The molecule has 0 unspecified atom stereocenters. The molecule has 4 N–H and O–H groups in total. The monoisotopic (exact) mass is 419 g/mol. The van der Waals surface area contributed by atoms with Gasteiger partial charge in [0.05, 0.1) is 35.3 Å². The van der Waals surface area contributed by atoms with Crippen LogP contribution in [0.5, 0.6) is 0 Å². The maximum atomic E-state index is 15.0. The van der Waals surface area contributed by atoms with Crippen LogP contribution in [0.2, 0.25) is 0 Å². The number of aromatic nitrogens is 2. The van der Waals surface area contributed by atoms with E-state index in [9.17, 15) is 14.0 Å². The van der Waals surface area contributed by atoms with Crippen LogP contribution in [0.15, 0.2) is 30.6 Å². The van der Waals surface area contributed by atoms with Gasteiger partial charge in [-0.1, -0.05) is 19.9 Å². The topological polar surface area (TPSA) is 102 Å². The number of amides is 1. The quantitative estimate of drug-likeness (QED) is 0.550. The number of fused-ring (bicyclic) bond motifs is 1. The summed E-state index contributed by atoms with van der Waals surface area (Å²) >= 11 is 0. The van der Waals surface area contributed by atoms with E-state index in [1.54, 1.807) is 24.6 Å². The van der Waals surface area contributed by atoms with Crippen LogP contribution in [-0.4, -0.2) is 35.3 Å². The number of hydrogen-bond acceptors (Lipinski definition) is 5. The highest BCUT2D eigenvalue weighted by Gasteiger charge is 2.22. The van der Waals surface area contributed by atoms with Gasteiger partial charge < -0.3 is 25.7 Å². The van der Waals surface area contributed by atoms with Crippen molar-refractivity contribution >= 4 is 34.6 Å². The first kappa shape index (κ1) is 24.7. The molecule has 0 aliphatic heterocycles. The molecule has 0 saturated heterocycles. The first-order chi connectivity index (χ1) is 14.4. The number of nitrogens with one attached hydrogen (secondary N) is 2. The zero-order valence-corrected chi connectivity index (χ0v) is 17.7. The van der Waals surface area contributed by atoms with Gasteiger partial charge in [-0.3, -0.25) is 4.79 Å². The van der Waals surface area contributed by atoms with Gasteiger partial charge in [0.15, 0.2) is 5.82 Å². The van der Waals surface area contributed by atoms with Crippen molar-refractivity contribution in [1.82, 2.24) is 14.9 Å². The molecule has 0 atom stereocenters. The number of imidazole rings is 1. The summed E-state index contributed by atoms with van der Waals surface area (Å²) in [5, 5.41) is 5.01. The predicted molar refractivity (Wildman–Crippen MR) is 115 cm³/mol.